The second kappa shape index (κ2) is 9.48. The van der Waals surface area contributed by atoms with Crippen molar-refractivity contribution in [3.63, 3.8) is 0 Å². The van der Waals surface area contributed by atoms with E-state index in [1.54, 1.807) is 11.8 Å². The molecule has 1 atom stereocenters. The lowest BCUT2D eigenvalue weighted by molar-refractivity contribution is -0.119. The van der Waals surface area contributed by atoms with E-state index in [9.17, 15) is 4.79 Å². The van der Waals surface area contributed by atoms with E-state index in [1.165, 1.54) is 42.4 Å². The van der Waals surface area contributed by atoms with E-state index in [4.69, 9.17) is 11.6 Å². The highest BCUT2D eigenvalue weighted by molar-refractivity contribution is 7.99. The molecule has 0 aliphatic heterocycles. The Morgan fingerprint density at radius 3 is 2.69 bits per heavy atom. The van der Waals surface area contributed by atoms with E-state index in [-0.39, 0.29) is 11.9 Å². The van der Waals surface area contributed by atoms with Crippen LogP contribution in [0.25, 0.3) is 0 Å². The Labute approximate surface area is 165 Å². The van der Waals surface area contributed by atoms with E-state index in [2.05, 4.69) is 30.4 Å². The molecule has 0 heterocycles. The van der Waals surface area contributed by atoms with Crippen LogP contribution < -0.4 is 5.32 Å². The number of hydrogen-bond donors (Lipinski definition) is 1. The zero-order valence-corrected chi connectivity index (χ0v) is 16.8. The maximum atomic E-state index is 12.4. The highest BCUT2D eigenvalue weighted by Crippen LogP contribution is 2.26. The number of thioether (sulfide) groups is 1. The van der Waals surface area contributed by atoms with Gasteiger partial charge in [-0.25, -0.2) is 0 Å². The first-order chi connectivity index (χ1) is 12.7. The summed E-state index contributed by atoms with van der Waals surface area (Å²) in [4.78, 5) is 12.4. The minimum Gasteiger partial charge on any atom is -0.349 e. The number of aryl methyl sites for hydroxylation is 2. The quantitative estimate of drug-likeness (QED) is 0.658. The lowest BCUT2D eigenvalue weighted by atomic mass is 9.89. The number of benzene rings is 2. The zero-order valence-electron chi connectivity index (χ0n) is 15.3. The van der Waals surface area contributed by atoms with Crippen LogP contribution in [-0.2, 0) is 23.4 Å². The molecule has 2 aromatic carbocycles. The van der Waals surface area contributed by atoms with Crippen LogP contribution in [0.5, 0.6) is 0 Å². The monoisotopic (exact) mass is 387 g/mol. The maximum Gasteiger partial charge on any atom is 0.230 e. The van der Waals surface area contributed by atoms with Crippen LogP contribution in [-0.4, -0.2) is 11.7 Å². The molecule has 3 rings (SSSR count). The van der Waals surface area contributed by atoms with Crippen LogP contribution in [0.1, 0.15) is 54.5 Å². The minimum atomic E-state index is 0.0895. The number of rotatable bonds is 7. The lowest BCUT2D eigenvalue weighted by Gasteiger charge is -2.21. The van der Waals surface area contributed by atoms with E-state index in [0.717, 1.165) is 22.8 Å². The van der Waals surface area contributed by atoms with E-state index in [1.807, 2.05) is 24.3 Å². The Kier molecular flexibility index (Phi) is 7.04. The predicted octanol–water partition coefficient (Wildman–Crippen LogP) is 5.72. The van der Waals surface area contributed by atoms with Crippen LogP contribution in [0, 0.1) is 0 Å². The maximum absolute atomic E-state index is 12.4. The average molecular weight is 388 g/mol. The predicted molar refractivity (Wildman–Crippen MR) is 112 cm³/mol. The van der Waals surface area contributed by atoms with Crippen LogP contribution >= 0.6 is 23.4 Å². The number of fused-ring (bicyclic) bond motifs is 1. The number of halogens is 1. The summed E-state index contributed by atoms with van der Waals surface area (Å²) in [6.07, 6.45) is 5.83. The van der Waals surface area contributed by atoms with Crippen molar-refractivity contribution in [2.75, 3.05) is 5.75 Å². The molecule has 0 spiro atoms. The van der Waals surface area contributed by atoms with E-state index in [0.29, 0.717) is 5.75 Å². The second-order valence-electron chi connectivity index (χ2n) is 6.85. The van der Waals surface area contributed by atoms with Crippen molar-refractivity contribution >= 4 is 29.3 Å². The topological polar surface area (TPSA) is 29.1 Å². The van der Waals surface area contributed by atoms with Gasteiger partial charge in [0.2, 0.25) is 5.91 Å². The molecule has 0 bridgehead atoms. The first-order valence-corrected chi connectivity index (χ1v) is 10.9. The van der Waals surface area contributed by atoms with Crippen molar-refractivity contribution in [3.8, 4) is 0 Å². The molecule has 0 fully saturated rings. The largest absolute Gasteiger partial charge is 0.349 e. The highest BCUT2D eigenvalue weighted by Gasteiger charge is 2.16. The van der Waals surface area contributed by atoms with Gasteiger partial charge in [-0.2, -0.15) is 0 Å². The third-order valence-electron chi connectivity index (χ3n) is 4.97. The standard InChI is InChI=1S/C22H26ClNOS/c1-2-21(18-12-11-16-7-3-4-8-17(16)13-18)24-22(25)15-26-14-19-9-5-6-10-20(19)23/h5-6,9-13,21H,2-4,7-8,14-15H2,1H3,(H,24,25). The third-order valence-corrected chi connectivity index (χ3v) is 6.32. The fourth-order valence-electron chi connectivity index (χ4n) is 3.50. The molecule has 0 radical (unpaired) electrons. The average Bonchev–Trinajstić information content (AvgIpc) is 2.67. The Morgan fingerprint density at radius 1 is 1.15 bits per heavy atom. The van der Waals surface area contributed by atoms with Gasteiger partial charge >= 0.3 is 0 Å². The van der Waals surface area contributed by atoms with Crippen LogP contribution in [0.4, 0.5) is 0 Å². The summed E-state index contributed by atoms with van der Waals surface area (Å²) in [5.41, 5.74) is 5.26. The Hall–Kier alpha value is -1.45. The van der Waals surface area contributed by atoms with Gasteiger partial charge in [-0.05, 0) is 60.4 Å². The number of carbonyl (C=O) groups excluding carboxylic acids is 1. The Morgan fingerprint density at radius 2 is 1.92 bits per heavy atom. The van der Waals surface area contributed by atoms with Gasteiger partial charge in [0.15, 0.2) is 0 Å². The summed E-state index contributed by atoms with van der Waals surface area (Å²) in [5, 5.41) is 3.96. The molecule has 0 aromatic heterocycles. The zero-order chi connectivity index (χ0) is 18.4. The van der Waals surface area contributed by atoms with Crippen LogP contribution in [0.15, 0.2) is 42.5 Å². The number of hydrogen-bond acceptors (Lipinski definition) is 2. The molecule has 2 nitrogen and oxygen atoms in total. The smallest absolute Gasteiger partial charge is 0.230 e. The van der Waals surface area contributed by atoms with Gasteiger partial charge in [0.05, 0.1) is 11.8 Å². The lowest BCUT2D eigenvalue weighted by Crippen LogP contribution is -2.29. The van der Waals surface area contributed by atoms with Crippen molar-refractivity contribution in [1.29, 1.82) is 0 Å². The molecule has 1 unspecified atom stereocenters. The summed E-state index contributed by atoms with van der Waals surface area (Å²) >= 11 is 7.77. The normalized spacial score (nSPS) is 14.5. The summed E-state index contributed by atoms with van der Waals surface area (Å²) in [5.74, 6) is 1.29. The fraction of sp³-hybridized carbons (Fsp3) is 0.409. The first kappa shape index (κ1) is 19.3. The highest BCUT2D eigenvalue weighted by atomic mass is 35.5. The summed E-state index contributed by atoms with van der Waals surface area (Å²) in [6.45, 7) is 2.13. The van der Waals surface area contributed by atoms with Gasteiger partial charge in [0.1, 0.15) is 0 Å². The van der Waals surface area contributed by atoms with Gasteiger partial charge in [-0.15, -0.1) is 11.8 Å². The molecular formula is C22H26ClNOS. The first-order valence-electron chi connectivity index (χ1n) is 9.39. The van der Waals surface area contributed by atoms with Crippen molar-refractivity contribution in [2.45, 2.75) is 50.8 Å². The molecule has 0 saturated heterocycles. The van der Waals surface area contributed by atoms with Crippen molar-refractivity contribution in [3.05, 3.63) is 69.7 Å². The Bertz CT molecular complexity index is 762. The summed E-state index contributed by atoms with van der Waals surface area (Å²) < 4.78 is 0. The molecule has 138 valence electrons. The molecule has 1 amide bonds. The number of nitrogens with one attached hydrogen (secondary N) is 1. The molecule has 1 N–H and O–H groups in total. The number of amides is 1. The molecule has 1 aliphatic carbocycles. The second-order valence-corrected chi connectivity index (χ2v) is 8.24. The molecule has 4 heteroatoms. The van der Waals surface area contributed by atoms with E-state index >= 15 is 0 Å². The van der Waals surface area contributed by atoms with Gasteiger partial charge in [-0.1, -0.05) is 54.9 Å². The molecule has 0 saturated carbocycles. The summed E-state index contributed by atoms with van der Waals surface area (Å²) in [6, 6.07) is 14.6. The van der Waals surface area contributed by atoms with Crippen LogP contribution in [0.2, 0.25) is 5.02 Å². The van der Waals surface area contributed by atoms with E-state index < -0.39 is 0 Å². The minimum absolute atomic E-state index is 0.0895. The number of carbonyl (C=O) groups is 1. The SMILES string of the molecule is CCC(NC(=O)CSCc1ccccc1Cl)c1ccc2c(c1)CCCC2. The molecular weight excluding hydrogens is 362 g/mol. The van der Waals surface area contributed by atoms with Crippen molar-refractivity contribution < 1.29 is 4.79 Å². The molecule has 1 aliphatic rings. The fourth-order valence-corrected chi connectivity index (χ4v) is 4.62. The van der Waals surface area contributed by atoms with Gasteiger partial charge in [0.25, 0.3) is 0 Å². The third kappa shape index (κ3) is 5.05. The Balaban J connectivity index is 1.54. The molecule has 2 aromatic rings. The summed E-state index contributed by atoms with van der Waals surface area (Å²) in [7, 11) is 0. The van der Waals surface area contributed by atoms with Gasteiger partial charge < -0.3 is 5.32 Å². The van der Waals surface area contributed by atoms with Gasteiger partial charge in [0, 0.05) is 10.8 Å². The van der Waals surface area contributed by atoms with Crippen molar-refractivity contribution in [1.82, 2.24) is 5.32 Å². The van der Waals surface area contributed by atoms with Crippen LogP contribution in [0.3, 0.4) is 0 Å². The molecule has 26 heavy (non-hydrogen) atoms. The van der Waals surface area contributed by atoms with Crippen molar-refractivity contribution in [2.24, 2.45) is 0 Å². The van der Waals surface area contributed by atoms with Gasteiger partial charge in [-0.3, -0.25) is 4.79 Å².